The normalized spacial score (nSPS) is 9.40. The van der Waals surface area contributed by atoms with Crippen molar-refractivity contribution in [2.45, 2.75) is 0 Å². The van der Waals surface area contributed by atoms with E-state index in [1.807, 2.05) is 0 Å². The third-order valence-electron chi connectivity index (χ3n) is 1.08. The molecular weight excluding hydrogens is 213 g/mol. The molecule has 52 valence electrons. The van der Waals surface area contributed by atoms with Crippen LogP contribution in [0.25, 0.3) is 6.08 Å². The van der Waals surface area contributed by atoms with Crippen LogP contribution in [0.4, 0.5) is 0 Å². The predicted octanol–water partition coefficient (Wildman–Crippen LogP) is 3.14. The molecule has 0 N–H and O–H groups in total. The minimum absolute atomic E-state index is 0.657. The van der Waals surface area contributed by atoms with Gasteiger partial charge in [-0.3, -0.25) is 4.98 Å². The van der Waals surface area contributed by atoms with E-state index in [9.17, 15) is 0 Å². The summed E-state index contributed by atoms with van der Waals surface area (Å²) in [4.78, 5) is 3.91. The Balaban J connectivity index is 3.27. The lowest BCUT2D eigenvalue weighted by Gasteiger charge is -1.97. The van der Waals surface area contributed by atoms with Gasteiger partial charge in [0.1, 0.15) is 0 Å². The second-order valence-electron chi connectivity index (χ2n) is 1.73. The van der Waals surface area contributed by atoms with E-state index in [0.717, 1.165) is 10.0 Å². The maximum Gasteiger partial charge on any atom is 0.0651 e. The molecular formula is C7H5BrClN. The van der Waals surface area contributed by atoms with Gasteiger partial charge in [-0.2, -0.15) is 0 Å². The number of pyridine rings is 1. The first-order valence-corrected chi connectivity index (χ1v) is 3.84. The van der Waals surface area contributed by atoms with Gasteiger partial charge in [0.2, 0.25) is 0 Å². The van der Waals surface area contributed by atoms with Crippen molar-refractivity contribution in [2.24, 2.45) is 0 Å². The monoisotopic (exact) mass is 217 g/mol. The van der Waals surface area contributed by atoms with E-state index in [4.69, 9.17) is 11.6 Å². The van der Waals surface area contributed by atoms with Gasteiger partial charge in [0.05, 0.1) is 9.50 Å². The highest BCUT2D eigenvalue weighted by Crippen LogP contribution is 2.24. The van der Waals surface area contributed by atoms with Crippen LogP contribution in [0, 0.1) is 0 Å². The maximum absolute atomic E-state index is 5.84. The van der Waals surface area contributed by atoms with Gasteiger partial charge in [0, 0.05) is 18.0 Å². The lowest BCUT2D eigenvalue weighted by Crippen LogP contribution is -1.78. The van der Waals surface area contributed by atoms with Crippen LogP contribution < -0.4 is 0 Å². The maximum atomic E-state index is 5.84. The van der Waals surface area contributed by atoms with Crippen molar-refractivity contribution in [1.29, 1.82) is 0 Å². The van der Waals surface area contributed by atoms with E-state index in [0.29, 0.717) is 5.02 Å². The molecule has 0 radical (unpaired) electrons. The summed E-state index contributed by atoms with van der Waals surface area (Å²) in [5.74, 6) is 0. The molecule has 0 aliphatic heterocycles. The molecule has 0 saturated carbocycles. The highest BCUT2D eigenvalue weighted by molar-refractivity contribution is 9.10. The molecule has 1 nitrogen and oxygen atoms in total. The molecule has 10 heavy (non-hydrogen) atoms. The summed E-state index contributed by atoms with van der Waals surface area (Å²) in [6, 6.07) is 0. The Morgan fingerprint density at radius 1 is 1.60 bits per heavy atom. The number of rotatable bonds is 1. The van der Waals surface area contributed by atoms with Crippen LogP contribution in [-0.2, 0) is 0 Å². The summed E-state index contributed by atoms with van der Waals surface area (Å²) >= 11 is 9.08. The van der Waals surface area contributed by atoms with E-state index in [1.165, 1.54) is 0 Å². The Labute approximate surface area is 72.9 Å². The van der Waals surface area contributed by atoms with Gasteiger partial charge in [0.15, 0.2) is 0 Å². The van der Waals surface area contributed by atoms with E-state index >= 15 is 0 Å². The van der Waals surface area contributed by atoms with Gasteiger partial charge in [-0.25, -0.2) is 0 Å². The molecule has 3 heteroatoms. The summed E-state index contributed by atoms with van der Waals surface area (Å²) in [5, 5.41) is 0.657. The zero-order chi connectivity index (χ0) is 7.56. The molecule has 0 aromatic carbocycles. The van der Waals surface area contributed by atoms with Gasteiger partial charge >= 0.3 is 0 Å². The Morgan fingerprint density at radius 3 is 2.80 bits per heavy atom. The molecule has 1 aromatic rings. The highest BCUT2D eigenvalue weighted by atomic mass is 79.9. The Kier molecular flexibility index (Phi) is 2.46. The lowest BCUT2D eigenvalue weighted by atomic mass is 10.3. The predicted molar refractivity (Wildman–Crippen MR) is 47.0 cm³/mol. The van der Waals surface area contributed by atoms with Crippen molar-refractivity contribution in [3.05, 3.63) is 34.0 Å². The van der Waals surface area contributed by atoms with Gasteiger partial charge in [-0.1, -0.05) is 24.3 Å². The van der Waals surface area contributed by atoms with Crippen LogP contribution in [0.3, 0.4) is 0 Å². The van der Waals surface area contributed by atoms with Gasteiger partial charge in [-0.05, 0) is 15.9 Å². The fourth-order valence-electron chi connectivity index (χ4n) is 0.577. The summed E-state index contributed by atoms with van der Waals surface area (Å²) < 4.78 is 0.798. The number of aromatic nitrogens is 1. The van der Waals surface area contributed by atoms with Crippen LogP contribution in [-0.4, -0.2) is 4.98 Å². The van der Waals surface area contributed by atoms with Crippen LogP contribution in [0.15, 0.2) is 23.4 Å². The number of nitrogens with zero attached hydrogens (tertiary/aromatic N) is 1. The van der Waals surface area contributed by atoms with E-state index in [2.05, 4.69) is 27.5 Å². The fourth-order valence-corrected chi connectivity index (χ4v) is 1.10. The molecule has 0 amide bonds. The second kappa shape index (κ2) is 3.17. The Bertz CT molecular complexity index is 260. The first kappa shape index (κ1) is 7.76. The molecule has 0 atom stereocenters. The molecule has 1 rings (SSSR count). The van der Waals surface area contributed by atoms with Crippen molar-refractivity contribution in [1.82, 2.24) is 4.98 Å². The van der Waals surface area contributed by atoms with E-state index in [-0.39, 0.29) is 0 Å². The molecule has 0 bridgehead atoms. The molecule has 0 aliphatic carbocycles. The standard InChI is InChI=1S/C7H5BrClN/c1-2-5-3-10-4-6(8)7(5)9/h2-4H,1H2. The fraction of sp³-hybridized carbons (Fsp3) is 0. The number of hydrogen-bond donors (Lipinski definition) is 0. The molecule has 0 saturated heterocycles. The van der Waals surface area contributed by atoms with Crippen LogP contribution in [0.1, 0.15) is 5.56 Å². The topological polar surface area (TPSA) is 12.9 Å². The zero-order valence-corrected chi connectivity index (χ0v) is 7.48. The van der Waals surface area contributed by atoms with E-state index < -0.39 is 0 Å². The second-order valence-corrected chi connectivity index (χ2v) is 2.96. The van der Waals surface area contributed by atoms with Crippen LogP contribution in [0.2, 0.25) is 5.02 Å². The summed E-state index contributed by atoms with van der Waals surface area (Å²) in [5.41, 5.74) is 0.844. The Hall–Kier alpha value is -0.340. The third-order valence-corrected chi connectivity index (χ3v) is 2.34. The first-order valence-electron chi connectivity index (χ1n) is 2.67. The minimum Gasteiger partial charge on any atom is -0.263 e. The smallest absolute Gasteiger partial charge is 0.0651 e. The zero-order valence-electron chi connectivity index (χ0n) is 5.14. The molecule has 0 aliphatic rings. The Morgan fingerprint density at radius 2 is 2.30 bits per heavy atom. The van der Waals surface area contributed by atoms with Crippen molar-refractivity contribution in [3.8, 4) is 0 Å². The minimum atomic E-state index is 0.657. The summed E-state index contributed by atoms with van der Waals surface area (Å²) in [6.07, 6.45) is 4.98. The highest BCUT2D eigenvalue weighted by Gasteiger charge is 1.99. The molecule has 0 spiro atoms. The quantitative estimate of drug-likeness (QED) is 0.706. The first-order chi connectivity index (χ1) is 4.75. The SMILES string of the molecule is C=Cc1cncc(Br)c1Cl. The number of halogens is 2. The summed E-state index contributed by atoms with van der Waals surface area (Å²) in [6.45, 7) is 3.59. The lowest BCUT2D eigenvalue weighted by molar-refractivity contribution is 1.30. The van der Waals surface area contributed by atoms with Crippen molar-refractivity contribution < 1.29 is 0 Å². The molecule has 0 unspecified atom stereocenters. The summed E-state index contributed by atoms with van der Waals surface area (Å²) in [7, 11) is 0. The van der Waals surface area contributed by atoms with Crippen molar-refractivity contribution in [3.63, 3.8) is 0 Å². The van der Waals surface area contributed by atoms with Crippen LogP contribution >= 0.6 is 27.5 Å². The van der Waals surface area contributed by atoms with Gasteiger partial charge in [0.25, 0.3) is 0 Å². The van der Waals surface area contributed by atoms with Gasteiger partial charge < -0.3 is 0 Å². The van der Waals surface area contributed by atoms with Crippen molar-refractivity contribution >= 4 is 33.6 Å². The van der Waals surface area contributed by atoms with Gasteiger partial charge in [-0.15, -0.1) is 0 Å². The average Bonchev–Trinajstić information content (AvgIpc) is 1.95. The van der Waals surface area contributed by atoms with Crippen molar-refractivity contribution in [2.75, 3.05) is 0 Å². The van der Waals surface area contributed by atoms with E-state index in [1.54, 1.807) is 18.5 Å². The third kappa shape index (κ3) is 1.39. The average molecular weight is 218 g/mol. The number of hydrogen-bond acceptors (Lipinski definition) is 1. The van der Waals surface area contributed by atoms with Crippen LogP contribution in [0.5, 0.6) is 0 Å². The largest absolute Gasteiger partial charge is 0.263 e. The molecule has 1 aromatic heterocycles. The molecule has 0 fully saturated rings. The molecule has 1 heterocycles.